The summed E-state index contributed by atoms with van der Waals surface area (Å²) in [7, 11) is 0. The zero-order chi connectivity index (χ0) is 24.1. The van der Waals surface area contributed by atoms with Gasteiger partial charge in [0.15, 0.2) is 5.58 Å². The lowest BCUT2D eigenvalue weighted by molar-refractivity contribution is 0.666. The lowest BCUT2D eigenvalue weighted by Crippen LogP contribution is -1.95. The van der Waals surface area contributed by atoms with Gasteiger partial charge in [-0.15, -0.1) is 0 Å². The minimum absolute atomic E-state index is 0.893. The maximum atomic E-state index is 6.65. The van der Waals surface area contributed by atoms with Crippen LogP contribution in [0.3, 0.4) is 0 Å². The maximum Gasteiger partial charge on any atom is 0.160 e. The third-order valence-electron chi connectivity index (χ3n) is 7.78. The summed E-state index contributed by atoms with van der Waals surface area (Å²) in [5.41, 5.74) is 6.95. The van der Waals surface area contributed by atoms with E-state index in [0.29, 0.717) is 0 Å². The molecule has 0 spiro atoms. The molecule has 0 bridgehead atoms. The Hall–Kier alpha value is -5.02. The minimum atomic E-state index is 0.893. The van der Waals surface area contributed by atoms with Crippen molar-refractivity contribution in [2.75, 3.05) is 0 Å². The van der Waals surface area contributed by atoms with Gasteiger partial charge in [-0.25, -0.2) is 0 Å². The van der Waals surface area contributed by atoms with E-state index in [9.17, 15) is 0 Å². The molecule has 0 radical (unpaired) electrons. The van der Waals surface area contributed by atoms with Gasteiger partial charge in [-0.3, -0.25) is 0 Å². The third-order valence-corrected chi connectivity index (χ3v) is 7.78. The highest BCUT2D eigenvalue weighted by atomic mass is 16.3. The van der Waals surface area contributed by atoms with E-state index in [4.69, 9.17) is 8.83 Å². The molecule has 3 nitrogen and oxygen atoms in total. The smallest absolute Gasteiger partial charge is 0.160 e. The number of para-hydroxylation sites is 4. The van der Waals surface area contributed by atoms with E-state index in [0.717, 1.165) is 60.6 Å². The van der Waals surface area contributed by atoms with Crippen LogP contribution in [0.2, 0.25) is 0 Å². The number of rotatable bonds is 1. The van der Waals surface area contributed by atoms with Gasteiger partial charge >= 0.3 is 0 Å². The first-order valence-corrected chi connectivity index (χ1v) is 12.5. The van der Waals surface area contributed by atoms with Crippen molar-refractivity contribution in [3.63, 3.8) is 0 Å². The van der Waals surface area contributed by atoms with Crippen molar-refractivity contribution in [1.82, 2.24) is 4.57 Å². The Labute approximate surface area is 210 Å². The van der Waals surface area contributed by atoms with Crippen LogP contribution in [0, 0.1) is 0 Å². The maximum absolute atomic E-state index is 6.65. The van der Waals surface area contributed by atoms with Crippen molar-refractivity contribution < 1.29 is 8.83 Å². The number of fused-ring (bicyclic) bond motifs is 12. The summed E-state index contributed by atoms with van der Waals surface area (Å²) in [6.07, 6.45) is 0. The summed E-state index contributed by atoms with van der Waals surface area (Å²) in [6, 6.07) is 40.4. The van der Waals surface area contributed by atoms with Crippen molar-refractivity contribution >= 4 is 76.5 Å². The van der Waals surface area contributed by atoms with Gasteiger partial charge in [0, 0.05) is 32.3 Å². The van der Waals surface area contributed by atoms with Crippen LogP contribution in [0.25, 0.3) is 82.1 Å². The highest BCUT2D eigenvalue weighted by molar-refractivity contribution is 6.29. The van der Waals surface area contributed by atoms with Crippen molar-refractivity contribution in [3.8, 4) is 5.69 Å². The Balaban J connectivity index is 1.59. The zero-order valence-electron chi connectivity index (χ0n) is 19.7. The summed E-state index contributed by atoms with van der Waals surface area (Å²) < 4.78 is 15.3. The second kappa shape index (κ2) is 6.80. The van der Waals surface area contributed by atoms with E-state index in [2.05, 4.69) is 102 Å². The van der Waals surface area contributed by atoms with Crippen LogP contribution in [0.15, 0.2) is 124 Å². The predicted molar refractivity (Wildman–Crippen MR) is 153 cm³/mol. The Morgan fingerprint density at radius 3 is 1.68 bits per heavy atom. The average molecular weight is 474 g/mol. The second-order valence-corrected chi connectivity index (χ2v) is 9.70. The SMILES string of the molecule is c1ccc2c(c1)oc1ccc3c(cc(-n4c5ccccc5c5ccccc54)c4oc5ccccc5c43)c12. The van der Waals surface area contributed by atoms with Crippen LogP contribution >= 0.6 is 0 Å². The number of nitrogens with zero attached hydrogens (tertiary/aromatic N) is 1. The molecule has 0 saturated heterocycles. The van der Waals surface area contributed by atoms with Crippen molar-refractivity contribution in [3.05, 3.63) is 115 Å². The first kappa shape index (κ1) is 19.2. The van der Waals surface area contributed by atoms with E-state index < -0.39 is 0 Å². The quantitative estimate of drug-likeness (QED) is 0.238. The number of hydrogen-bond donors (Lipinski definition) is 0. The highest BCUT2D eigenvalue weighted by Gasteiger charge is 2.22. The number of benzene rings is 6. The molecule has 6 aromatic carbocycles. The topological polar surface area (TPSA) is 31.2 Å². The molecule has 172 valence electrons. The molecule has 0 fully saturated rings. The van der Waals surface area contributed by atoms with E-state index in [1.807, 2.05) is 18.2 Å². The van der Waals surface area contributed by atoms with Gasteiger partial charge in [-0.2, -0.15) is 0 Å². The summed E-state index contributed by atoms with van der Waals surface area (Å²) in [6.45, 7) is 0. The first-order valence-electron chi connectivity index (χ1n) is 12.5. The molecule has 0 amide bonds. The van der Waals surface area contributed by atoms with E-state index in [1.54, 1.807) is 0 Å². The van der Waals surface area contributed by atoms with Crippen LogP contribution in [-0.2, 0) is 0 Å². The lowest BCUT2D eigenvalue weighted by Gasteiger charge is -2.12. The molecule has 9 aromatic rings. The number of furan rings is 2. The van der Waals surface area contributed by atoms with Crippen molar-refractivity contribution in [2.45, 2.75) is 0 Å². The Morgan fingerprint density at radius 1 is 0.405 bits per heavy atom. The van der Waals surface area contributed by atoms with Gasteiger partial charge in [-0.1, -0.05) is 72.8 Å². The molecule has 3 heterocycles. The third kappa shape index (κ3) is 2.41. The fourth-order valence-electron chi connectivity index (χ4n) is 6.25. The molecule has 0 aliphatic heterocycles. The average Bonchev–Trinajstić information content (AvgIpc) is 3.62. The molecular weight excluding hydrogens is 454 g/mol. The predicted octanol–water partition coefficient (Wildman–Crippen LogP) is 9.74. The molecule has 37 heavy (non-hydrogen) atoms. The van der Waals surface area contributed by atoms with Gasteiger partial charge in [0.25, 0.3) is 0 Å². The summed E-state index contributed by atoms with van der Waals surface area (Å²) in [5, 5.41) is 9.32. The summed E-state index contributed by atoms with van der Waals surface area (Å²) >= 11 is 0. The molecule has 0 saturated carbocycles. The van der Waals surface area contributed by atoms with Crippen LogP contribution < -0.4 is 0 Å². The highest BCUT2D eigenvalue weighted by Crippen LogP contribution is 2.44. The molecule has 0 unspecified atom stereocenters. The Morgan fingerprint density at radius 2 is 0.973 bits per heavy atom. The minimum Gasteiger partial charge on any atom is -0.456 e. The van der Waals surface area contributed by atoms with E-state index >= 15 is 0 Å². The summed E-state index contributed by atoms with van der Waals surface area (Å²) in [5.74, 6) is 0. The second-order valence-electron chi connectivity index (χ2n) is 9.70. The molecular formula is C34H19NO2. The monoisotopic (exact) mass is 473 g/mol. The lowest BCUT2D eigenvalue weighted by atomic mass is 9.98. The fraction of sp³-hybridized carbons (Fsp3) is 0. The molecule has 0 aliphatic carbocycles. The van der Waals surface area contributed by atoms with Crippen LogP contribution in [-0.4, -0.2) is 4.57 Å². The number of aromatic nitrogens is 1. The largest absolute Gasteiger partial charge is 0.456 e. The molecule has 0 atom stereocenters. The van der Waals surface area contributed by atoms with E-state index in [-0.39, 0.29) is 0 Å². The standard InChI is InChI=1S/C34H19NO2/c1-5-13-26-20(9-1)21-10-2-6-14-27(21)35(26)28-19-25-22(33-24-12-4-8-16-30(24)37-34(28)33)17-18-31-32(25)23-11-3-7-15-29(23)36-31/h1-19H. The van der Waals surface area contributed by atoms with Gasteiger partial charge in [0.2, 0.25) is 0 Å². The molecule has 3 aromatic heterocycles. The molecule has 0 aliphatic rings. The van der Waals surface area contributed by atoms with Gasteiger partial charge < -0.3 is 13.4 Å². The van der Waals surface area contributed by atoms with Gasteiger partial charge in [0.1, 0.15) is 16.7 Å². The molecule has 3 heteroatoms. The fourth-order valence-corrected chi connectivity index (χ4v) is 6.25. The Bertz CT molecular complexity index is 2310. The zero-order valence-corrected chi connectivity index (χ0v) is 19.7. The van der Waals surface area contributed by atoms with Gasteiger partial charge in [0.05, 0.1) is 16.7 Å². The van der Waals surface area contributed by atoms with E-state index in [1.165, 1.54) is 21.5 Å². The Kier molecular flexibility index (Phi) is 3.53. The van der Waals surface area contributed by atoms with Gasteiger partial charge in [-0.05, 0) is 53.2 Å². The normalized spacial score (nSPS) is 12.3. The van der Waals surface area contributed by atoms with Crippen LogP contribution in [0.4, 0.5) is 0 Å². The molecule has 0 N–H and O–H groups in total. The first-order chi connectivity index (χ1) is 18.4. The number of hydrogen-bond acceptors (Lipinski definition) is 2. The van der Waals surface area contributed by atoms with Crippen LogP contribution in [0.1, 0.15) is 0 Å². The van der Waals surface area contributed by atoms with Crippen LogP contribution in [0.5, 0.6) is 0 Å². The van der Waals surface area contributed by atoms with Crippen molar-refractivity contribution in [1.29, 1.82) is 0 Å². The summed E-state index contributed by atoms with van der Waals surface area (Å²) in [4.78, 5) is 0. The molecule has 9 rings (SSSR count). The van der Waals surface area contributed by atoms with Crippen molar-refractivity contribution in [2.24, 2.45) is 0 Å².